The summed E-state index contributed by atoms with van der Waals surface area (Å²) in [4.78, 5) is 3.10. The molecule has 7 heteroatoms. The zero-order chi connectivity index (χ0) is 14.0. The molecule has 1 heterocycles. The van der Waals surface area contributed by atoms with Crippen molar-refractivity contribution in [3.63, 3.8) is 0 Å². The van der Waals surface area contributed by atoms with Gasteiger partial charge < -0.3 is 14.3 Å². The third kappa shape index (κ3) is 3.36. The van der Waals surface area contributed by atoms with Crippen molar-refractivity contribution in [1.29, 1.82) is 0 Å². The van der Waals surface area contributed by atoms with Gasteiger partial charge in [0.15, 0.2) is 4.77 Å². The molecule has 1 aromatic heterocycles. The number of imidazole rings is 1. The first kappa shape index (κ1) is 14.1. The number of ether oxygens (including phenoxy) is 1. The highest BCUT2D eigenvalue weighted by molar-refractivity contribution is 7.90. The summed E-state index contributed by atoms with van der Waals surface area (Å²) in [6.45, 7) is 0.569. The Balaban J connectivity index is 2.31. The molecule has 0 amide bonds. The average Bonchev–Trinajstić information content (AvgIpc) is 2.63. The molecule has 0 aliphatic heterocycles. The largest absolute Gasteiger partial charge is 0.497 e. The zero-order valence-electron chi connectivity index (χ0n) is 10.8. The summed E-state index contributed by atoms with van der Waals surface area (Å²) < 4.78 is 30.0. The van der Waals surface area contributed by atoms with E-state index in [9.17, 15) is 8.42 Å². The van der Waals surface area contributed by atoms with Crippen LogP contribution >= 0.6 is 12.2 Å². The lowest BCUT2D eigenvalue weighted by Crippen LogP contribution is -2.07. The summed E-state index contributed by atoms with van der Waals surface area (Å²) in [6, 6.07) is 5.65. The molecule has 0 unspecified atom stereocenters. The Morgan fingerprint density at radius 3 is 2.79 bits per heavy atom. The van der Waals surface area contributed by atoms with E-state index in [4.69, 9.17) is 17.0 Å². The van der Waals surface area contributed by atoms with Crippen LogP contribution in [-0.4, -0.2) is 37.1 Å². The second-order valence-corrected chi connectivity index (χ2v) is 7.09. The van der Waals surface area contributed by atoms with Crippen LogP contribution in [0, 0.1) is 4.77 Å². The molecule has 1 N–H and O–H groups in total. The van der Waals surface area contributed by atoms with Crippen LogP contribution in [0.15, 0.2) is 18.2 Å². The van der Waals surface area contributed by atoms with Gasteiger partial charge >= 0.3 is 0 Å². The third-order valence-corrected chi connectivity index (χ3v) is 4.23. The van der Waals surface area contributed by atoms with Gasteiger partial charge in [0.2, 0.25) is 0 Å². The number of benzene rings is 1. The number of aromatic amines is 1. The Bertz CT molecular complexity index is 744. The summed E-state index contributed by atoms with van der Waals surface area (Å²) in [7, 11) is -1.33. The molecule has 2 rings (SSSR count). The summed E-state index contributed by atoms with van der Waals surface area (Å²) in [5, 5.41) is 0. The first-order chi connectivity index (χ1) is 8.90. The number of nitrogens with zero attached hydrogens (tertiary/aromatic N) is 1. The van der Waals surface area contributed by atoms with E-state index in [2.05, 4.69) is 4.98 Å². The lowest BCUT2D eigenvalue weighted by molar-refractivity contribution is 0.415. The molecule has 0 saturated heterocycles. The van der Waals surface area contributed by atoms with E-state index in [1.54, 1.807) is 7.11 Å². The molecule has 0 bridgehead atoms. The van der Waals surface area contributed by atoms with E-state index in [-0.39, 0.29) is 5.75 Å². The molecule has 0 spiro atoms. The van der Waals surface area contributed by atoms with Crippen molar-refractivity contribution in [2.75, 3.05) is 19.1 Å². The van der Waals surface area contributed by atoms with Crippen LogP contribution in [0.4, 0.5) is 0 Å². The van der Waals surface area contributed by atoms with Gasteiger partial charge in [0.1, 0.15) is 15.6 Å². The number of nitrogens with one attached hydrogen (secondary N) is 1. The van der Waals surface area contributed by atoms with Gasteiger partial charge in [-0.25, -0.2) is 8.42 Å². The fourth-order valence-electron chi connectivity index (χ4n) is 1.97. The smallest absolute Gasteiger partial charge is 0.178 e. The Labute approximate surface area is 117 Å². The molecule has 0 aliphatic rings. The minimum atomic E-state index is -2.94. The van der Waals surface area contributed by atoms with Crippen molar-refractivity contribution in [1.82, 2.24) is 9.55 Å². The number of aryl methyl sites for hydroxylation is 1. The van der Waals surface area contributed by atoms with E-state index in [1.807, 2.05) is 22.8 Å². The van der Waals surface area contributed by atoms with Crippen molar-refractivity contribution in [3.05, 3.63) is 23.0 Å². The van der Waals surface area contributed by atoms with Gasteiger partial charge in [0.25, 0.3) is 0 Å². The molecular formula is C12H16N2O3S2. The summed E-state index contributed by atoms with van der Waals surface area (Å²) in [5.74, 6) is 0.907. The lowest BCUT2D eigenvalue weighted by Gasteiger charge is -2.05. The number of methoxy groups -OCH3 is 1. The topological polar surface area (TPSA) is 64.1 Å². The quantitative estimate of drug-likeness (QED) is 0.859. The van der Waals surface area contributed by atoms with Crippen molar-refractivity contribution < 1.29 is 13.2 Å². The number of aromatic nitrogens is 2. The molecule has 0 aliphatic carbocycles. The first-order valence-corrected chi connectivity index (χ1v) is 8.32. The summed E-state index contributed by atoms with van der Waals surface area (Å²) in [5.41, 5.74) is 1.85. The van der Waals surface area contributed by atoms with Crippen LogP contribution in [-0.2, 0) is 16.4 Å². The SMILES string of the molecule is COc1ccc2[nH]c(=S)n(CCCS(C)(=O)=O)c2c1. The van der Waals surface area contributed by atoms with Crippen LogP contribution < -0.4 is 4.74 Å². The Morgan fingerprint density at radius 2 is 2.16 bits per heavy atom. The maximum Gasteiger partial charge on any atom is 0.178 e. The molecular weight excluding hydrogens is 284 g/mol. The average molecular weight is 300 g/mol. The van der Waals surface area contributed by atoms with Gasteiger partial charge in [-0.2, -0.15) is 0 Å². The molecule has 0 fully saturated rings. The molecule has 1 aromatic carbocycles. The van der Waals surface area contributed by atoms with Gasteiger partial charge in [0, 0.05) is 18.9 Å². The Morgan fingerprint density at radius 1 is 1.42 bits per heavy atom. The van der Waals surface area contributed by atoms with Gasteiger partial charge in [-0.1, -0.05) is 0 Å². The Hall–Kier alpha value is -1.34. The highest BCUT2D eigenvalue weighted by atomic mass is 32.2. The van der Waals surface area contributed by atoms with Crippen LogP contribution in [0.1, 0.15) is 6.42 Å². The molecule has 0 radical (unpaired) electrons. The highest BCUT2D eigenvalue weighted by Crippen LogP contribution is 2.21. The van der Waals surface area contributed by atoms with E-state index in [1.165, 1.54) is 6.26 Å². The molecule has 104 valence electrons. The van der Waals surface area contributed by atoms with E-state index in [0.29, 0.717) is 17.7 Å². The van der Waals surface area contributed by atoms with Crippen molar-refractivity contribution >= 4 is 33.1 Å². The van der Waals surface area contributed by atoms with Gasteiger partial charge in [0.05, 0.1) is 23.9 Å². The second kappa shape index (κ2) is 5.34. The fraction of sp³-hybridized carbons (Fsp3) is 0.417. The molecule has 19 heavy (non-hydrogen) atoms. The first-order valence-electron chi connectivity index (χ1n) is 5.85. The predicted octanol–water partition coefficient (Wildman–Crippen LogP) is 2.14. The van der Waals surface area contributed by atoms with Gasteiger partial charge in [-0.05, 0) is 30.8 Å². The van der Waals surface area contributed by atoms with Crippen molar-refractivity contribution in [3.8, 4) is 5.75 Å². The van der Waals surface area contributed by atoms with Gasteiger partial charge in [-0.3, -0.25) is 0 Å². The van der Waals surface area contributed by atoms with Crippen LogP contribution in [0.3, 0.4) is 0 Å². The molecule has 5 nitrogen and oxygen atoms in total. The van der Waals surface area contributed by atoms with Crippen molar-refractivity contribution in [2.24, 2.45) is 0 Å². The maximum absolute atomic E-state index is 11.1. The normalized spacial score (nSPS) is 11.9. The van der Waals surface area contributed by atoms with E-state index in [0.717, 1.165) is 16.8 Å². The minimum Gasteiger partial charge on any atom is -0.497 e. The maximum atomic E-state index is 11.1. The van der Waals surface area contributed by atoms with Crippen LogP contribution in [0.2, 0.25) is 0 Å². The number of hydrogen-bond acceptors (Lipinski definition) is 4. The number of rotatable bonds is 5. The predicted molar refractivity (Wildman–Crippen MR) is 78.0 cm³/mol. The zero-order valence-corrected chi connectivity index (χ0v) is 12.5. The second-order valence-electron chi connectivity index (χ2n) is 4.45. The Kier molecular flexibility index (Phi) is 3.96. The van der Waals surface area contributed by atoms with E-state index >= 15 is 0 Å². The number of hydrogen-bond donors (Lipinski definition) is 1. The monoisotopic (exact) mass is 300 g/mol. The van der Waals surface area contributed by atoms with Gasteiger partial charge in [-0.15, -0.1) is 0 Å². The van der Waals surface area contributed by atoms with Crippen LogP contribution in [0.25, 0.3) is 11.0 Å². The number of sulfone groups is 1. The molecule has 0 saturated carbocycles. The third-order valence-electron chi connectivity index (χ3n) is 2.88. The molecule has 0 atom stereocenters. The molecule has 2 aromatic rings. The highest BCUT2D eigenvalue weighted by Gasteiger charge is 2.07. The van der Waals surface area contributed by atoms with Crippen molar-refractivity contribution in [2.45, 2.75) is 13.0 Å². The van der Waals surface area contributed by atoms with Crippen LogP contribution in [0.5, 0.6) is 5.75 Å². The standard InChI is InChI=1S/C12H16N2O3S2/c1-17-9-4-5-10-11(8-9)14(12(18)13-10)6-3-7-19(2,15)16/h4-5,8H,3,6-7H2,1-2H3,(H,13,18). The number of H-pyrrole nitrogens is 1. The lowest BCUT2D eigenvalue weighted by atomic mass is 10.3. The fourth-order valence-corrected chi connectivity index (χ4v) is 2.92. The summed E-state index contributed by atoms with van der Waals surface area (Å²) >= 11 is 5.26. The van der Waals surface area contributed by atoms with E-state index < -0.39 is 9.84 Å². The summed E-state index contributed by atoms with van der Waals surface area (Å²) in [6.07, 6.45) is 1.78. The minimum absolute atomic E-state index is 0.158. The number of fused-ring (bicyclic) bond motifs is 1.